The van der Waals surface area contributed by atoms with Crippen molar-refractivity contribution < 1.29 is 23.7 Å². The van der Waals surface area contributed by atoms with E-state index in [4.69, 9.17) is 18.9 Å². The summed E-state index contributed by atoms with van der Waals surface area (Å²) in [6.07, 6.45) is 1.46. The second-order valence-corrected chi connectivity index (χ2v) is 6.33. The Kier molecular flexibility index (Phi) is 10.7. The van der Waals surface area contributed by atoms with Crippen LogP contribution in [0.3, 0.4) is 0 Å². The highest BCUT2D eigenvalue weighted by Gasteiger charge is 2.42. The van der Waals surface area contributed by atoms with Crippen LogP contribution in [0.2, 0.25) is 0 Å². The molecule has 0 radical (unpaired) electrons. The fraction of sp³-hybridized carbons (Fsp3) is 0.875. The first-order valence-corrected chi connectivity index (χ1v) is 8.65. The second kappa shape index (κ2) is 11.9. The number of ether oxygens (including phenoxy) is 4. The highest BCUT2D eigenvalue weighted by molar-refractivity contribution is 14.0. The van der Waals surface area contributed by atoms with Crippen LogP contribution in [-0.2, 0) is 23.7 Å². The van der Waals surface area contributed by atoms with Gasteiger partial charge in [-0.05, 0) is 0 Å². The Bertz CT molecular complexity index is 458. The molecule has 0 aromatic carbocycles. The van der Waals surface area contributed by atoms with Crippen LogP contribution in [0.5, 0.6) is 0 Å². The minimum absolute atomic E-state index is 0. The highest BCUT2D eigenvalue weighted by atomic mass is 127. The number of guanidine groups is 1. The first kappa shape index (κ1) is 23.3. The molecule has 1 spiro atoms. The maximum atomic E-state index is 11.7. The monoisotopic (exact) mass is 486 g/mol. The fourth-order valence-electron chi connectivity index (χ4n) is 2.61. The Balaban J connectivity index is 0.00000338. The van der Waals surface area contributed by atoms with Crippen molar-refractivity contribution in [3.05, 3.63) is 0 Å². The molecule has 2 rings (SSSR count). The van der Waals surface area contributed by atoms with Crippen molar-refractivity contribution in [1.82, 2.24) is 15.5 Å². The summed E-state index contributed by atoms with van der Waals surface area (Å²) < 4.78 is 22.4. The molecule has 2 saturated heterocycles. The molecule has 1 atom stereocenters. The van der Waals surface area contributed by atoms with Gasteiger partial charge in [0.05, 0.1) is 26.4 Å². The molecule has 10 heteroatoms. The van der Waals surface area contributed by atoms with Gasteiger partial charge in [-0.15, -0.1) is 24.0 Å². The van der Waals surface area contributed by atoms with E-state index in [-0.39, 0.29) is 42.5 Å². The molecule has 2 aliphatic heterocycles. The van der Waals surface area contributed by atoms with Crippen molar-refractivity contribution in [2.45, 2.75) is 24.7 Å². The molecular formula is C16H31IN4O5. The molecule has 0 aromatic rings. The zero-order chi connectivity index (χ0) is 18.1. The zero-order valence-corrected chi connectivity index (χ0v) is 18.1. The molecule has 0 aliphatic carbocycles. The van der Waals surface area contributed by atoms with E-state index in [2.05, 4.69) is 15.6 Å². The van der Waals surface area contributed by atoms with Crippen molar-refractivity contribution >= 4 is 35.8 Å². The molecule has 1 amide bonds. The molecule has 2 heterocycles. The number of aliphatic imine (C=N–C) groups is 1. The van der Waals surface area contributed by atoms with E-state index in [9.17, 15) is 4.79 Å². The van der Waals surface area contributed by atoms with Crippen LogP contribution in [-0.4, -0.2) is 95.9 Å². The number of hydrogen-bond acceptors (Lipinski definition) is 6. The zero-order valence-electron chi connectivity index (χ0n) is 15.8. The van der Waals surface area contributed by atoms with E-state index in [0.717, 1.165) is 12.8 Å². The van der Waals surface area contributed by atoms with Crippen molar-refractivity contribution in [1.29, 1.82) is 0 Å². The molecule has 0 bridgehead atoms. The number of methoxy groups -OCH3 is 1. The first-order chi connectivity index (χ1) is 12.0. The van der Waals surface area contributed by atoms with Crippen molar-refractivity contribution in [2.75, 3.05) is 67.3 Å². The smallest absolute Gasteiger partial charge is 0.243 e. The summed E-state index contributed by atoms with van der Waals surface area (Å²) in [7, 11) is 5.05. The number of amides is 1. The molecule has 152 valence electrons. The van der Waals surface area contributed by atoms with Crippen molar-refractivity contribution in [3.63, 3.8) is 0 Å². The van der Waals surface area contributed by atoms with E-state index >= 15 is 0 Å². The van der Waals surface area contributed by atoms with Gasteiger partial charge in [-0.25, -0.2) is 4.99 Å². The lowest BCUT2D eigenvalue weighted by molar-refractivity contribution is -0.210. The molecule has 0 saturated carbocycles. The Morgan fingerprint density at radius 3 is 2.69 bits per heavy atom. The topological polar surface area (TPSA) is 93.7 Å². The van der Waals surface area contributed by atoms with Gasteiger partial charge in [-0.1, -0.05) is 0 Å². The van der Waals surface area contributed by atoms with E-state index in [1.807, 2.05) is 0 Å². The summed E-state index contributed by atoms with van der Waals surface area (Å²) in [5, 5.41) is 6.35. The largest absolute Gasteiger partial charge is 0.383 e. The minimum atomic E-state index is -0.494. The van der Waals surface area contributed by atoms with Gasteiger partial charge >= 0.3 is 0 Å². The SMILES string of the molecule is COCCNC(=NCC(=O)N(C)C)NCC1COC2(CCOCC2)O1.I. The van der Waals surface area contributed by atoms with Gasteiger partial charge in [0.1, 0.15) is 12.6 Å². The third-order valence-electron chi connectivity index (χ3n) is 4.14. The third-order valence-corrected chi connectivity index (χ3v) is 4.14. The standard InChI is InChI=1S/C16H30N4O5.HI/c1-20(2)14(21)11-19-15(17-6-9-22-3)18-10-13-12-24-16(25-13)4-7-23-8-5-16;/h13H,4-12H2,1-3H3,(H2,17,18,19);1H. The normalized spacial score (nSPS) is 22.0. The van der Waals surface area contributed by atoms with Gasteiger partial charge in [0.25, 0.3) is 0 Å². The molecule has 2 aliphatic rings. The van der Waals surface area contributed by atoms with Gasteiger partial charge in [-0.3, -0.25) is 4.79 Å². The summed E-state index contributed by atoms with van der Waals surface area (Å²) in [6, 6.07) is 0. The van der Waals surface area contributed by atoms with Crippen LogP contribution in [0.4, 0.5) is 0 Å². The van der Waals surface area contributed by atoms with Gasteiger partial charge < -0.3 is 34.5 Å². The fourth-order valence-corrected chi connectivity index (χ4v) is 2.61. The van der Waals surface area contributed by atoms with Crippen LogP contribution in [0.1, 0.15) is 12.8 Å². The number of carbonyl (C=O) groups excluding carboxylic acids is 1. The van der Waals surface area contributed by atoms with Crippen LogP contribution < -0.4 is 10.6 Å². The maximum Gasteiger partial charge on any atom is 0.243 e. The number of likely N-dealkylation sites (N-methyl/N-ethyl adjacent to an activating group) is 1. The van der Waals surface area contributed by atoms with Crippen LogP contribution >= 0.6 is 24.0 Å². The minimum Gasteiger partial charge on any atom is -0.383 e. The number of carbonyl (C=O) groups is 1. The predicted molar refractivity (Wildman–Crippen MR) is 108 cm³/mol. The van der Waals surface area contributed by atoms with Crippen molar-refractivity contribution in [2.24, 2.45) is 4.99 Å². The summed E-state index contributed by atoms with van der Waals surface area (Å²) in [5.41, 5.74) is 0. The Morgan fingerprint density at radius 1 is 1.31 bits per heavy atom. The highest BCUT2D eigenvalue weighted by Crippen LogP contribution is 2.32. The molecular weight excluding hydrogens is 455 g/mol. The molecule has 2 fully saturated rings. The average molecular weight is 486 g/mol. The van der Waals surface area contributed by atoms with Crippen LogP contribution in [0.15, 0.2) is 4.99 Å². The lowest BCUT2D eigenvalue weighted by Gasteiger charge is -2.31. The Morgan fingerprint density at radius 2 is 2.04 bits per heavy atom. The number of nitrogens with one attached hydrogen (secondary N) is 2. The van der Waals surface area contributed by atoms with Crippen LogP contribution in [0.25, 0.3) is 0 Å². The van der Waals surface area contributed by atoms with Crippen molar-refractivity contribution in [3.8, 4) is 0 Å². The van der Waals surface area contributed by atoms with E-state index < -0.39 is 5.79 Å². The average Bonchev–Trinajstić information content (AvgIpc) is 2.99. The van der Waals surface area contributed by atoms with Gasteiger partial charge in [0.15, 0.2) is 11.7 Å². The lowest BCUT2D eigenvalue weighted by atomic mass is 10.1. The molecule has 9 nitrogen and oxygen atoms in total. The Labute approximate surface area is 172 Å². The number of hydrogen-bond donors (Lipinski definition) is 2. The number of nitrogens with zero attached hydrogens (tertiary/aromatic N) is 2. The summed E-state index contributed by atoms with van der Waals surface area (Å²) >= 11 is 0. The second-order valence-electron chi connectivity index (χ2n) is 6.33. The van der Waals surface area contributed by atoms with E-state index in [1.165, 1.54) is 4.90 Å². The lowest BCUT2D eigenvalue weighted by Crippen LogP contribution is -2.44. The molecule has 1 unspecified atom stereocenters. The quantitative estimate of drug-likeness (QED) is 0.223. The summed E-state index contributed by atoms with van der Waals surface area (Å²) in [5.74, 6) is 0.00458. The van der Waals surface area contributed by atoms with Gasteiger partial charge in [0, 0.05) is 47.1 Å². The van der Waals surface area contributed by atoms with E-state index in [0.29, 0.717) is 45.5 Å². The number of rotatable bonds is 7. The maximum absolute atomic E-state index is 11.7. The number of halogens is 1. The first-order valence-electron chi connectivity index (χ1n) is 8.65. The van der Waals surface area contributed by atoms with E-state index in [1.54, 1.807) is 21.2 Å². The van der Waals surface area contributed by atoms with Gasteiger partial charge in [0.2, 0.25) is 5.91 Å². The van der Waals surface area contributed by atoms with Crippen LogP contribution in [0, 0.1) is 0 Å². The summed E-state index contributed by atoms with van der Waals surface area (Å²) in [6.45, 7) is 3.65. The summed E-state index contributed by atoms with van der Waals surface area (Å²) in [4.78, 5) is 17.5. The van der Waals surface area contributed by atoms with Gasteiger partial charge in [-0.2, -0.15) is 0 Å². The Hall–Kier alpha value is -0.690. The molecule has 2 N–H and O–H groups in total. The molecule has 0 aromatic heterocycles. The third kappa shape index (κ3) is 7.51. The molecule has 26 heavy (non-hydrogen) atoms. The predicted octanol–water partition coefficient (Wildman–Crippen LogP) is -0.204.